The zero-order valence-electron chi connectivity index (χ0n) is 18.5. The molecule has 2 aliphatic rings. The highest BCUT2D eigenvalue weighted by Crippen LogP contribution is 2.26. The molecular formula is C25H27N5O2S. The Morgan fingerprint density at radius 1 is 1.06 bits per heavy atom. The molecule has 1 saturated heterocycles. The van der Waals surface area contributed by atoms with E-state index in [4.69, 9.17) is 4.74 Å². The SMILES string of the molecule is O=C(NCC1COC1)c1nnc(CCCCc2cc3c(nn2)CC(Cc2ccccc2)=C3)s1. The zero-order valence-corrected chi connectivity index (χ0v) is 19.3. The van der Waals surface area contributed by atoms with Crippen LogP contribution in [0, 0.1) is 5.92 Å². The number of ether oxygens (including phenoxy) is 1. The molecule has 0 saturated carbocycles. The first-order valence-corrected chi connectivity index (χ1v) is 12.3. The van der Waals surface area contributed by atoms with E-state index >= 15 is 0 Å². The molecule has 7 nitrogen and oxygen atoms in total. The van der Waals surface area contributed by atoms with Gasteiger partial charge < -0.3 is 10.1 Å². The maximum Gasteiger partial charge on any atom is 0.282 e. The van der Waals surface area contributed by atoms with Crippen molar-refractivity contribution in [1.82, 2.24) is 25.7 Å². The summed E-state index contributed by atoms with van der Waals surface area (Å²) in [5, 5.41) is 21.4. The molecule has 1 aromatic carbocycles. The molecule has 0 bridgehead atoms. The van der Waals surface area contributed by atoms with Gasteiger partial charge in [0.2, 0.25) is 5.01 Å². The minimum atomic E-state index is -0.140. The van der Waals surface area contributed by atoms with E-state index in [1.54, 1.807) is 0 Å². The Morgan fingerprint density at radius 2 is 1.91 bits per heavy atom. The van der Waals surface area contributed by atoms with Gasteiger partial charge in [-0.3, -0.25) is 4.79 Å². The molecule has 8 heteroatoms. The topological polar surface area (TPSA) is 89.9 Å². The quantitative estimate of drug-likeness (QED) is 0.465. The Bertz CT molecular complexity index is 1140. The van der Waals surface area contributed by atoms with Crippen LogP contribution in [0.25, 0.3) is 6.08 Å². The van der Waals surface area contributed by atoms with Crippen LogP contribution >= 0.6 is 11.3 Å². The molecule has 170 valence electrons. The average Bonchev–Trinajstić information content (AvgIpc) is 3.42. The molecule has 2 aromatic heterocycles. The Morgan fingerprint density at radius 3 is 2.73 bits per heavy atom. The van der Waals surface area contributed by atoms with E-state index in [0.717, 1.165) is 68.1 Å². The second-order valence-corrected chi connectivity index (χ2v) is 9.76. The van der Waals surface area contributed by atoms with Crippen molar-refractivity contribution in [2.45, 2.75) is 38.5 Å². The summed E-state index contributed by atoms with van der Waals surface area (Å²) < 4.78 is 5.12. The third-order valence-electron chi connectivity index (χ3n) is 5.98. The van der Waals surface area contributed by atoms with Crippen LogP contribution < -0.4 is 5.32 Å². The fourth-order valence-corrected chi connectivity index (χ4v) is 4.86. The van der Waals surface area contributed by atoms with Crippen molar-refractivity contribution >= 4 is 23.3 Å². The fraction of sp³-hybridized carbons (Fsp3) is 0.400. The summed E-state index contributed by atoms with van der Waals surface area (Å²) in [4.78, 5) is 12.2. The monoisotopic (exact) mass is 461 g/mol. The number of amides is 1. The van der Waals surface area contributed by atoms with Gasteiger partial charge in [-0.25, -0.2) is 0 Å². The lowest BCUT2D eigenvalue weighted by Gasteiger charge is -2.25. The number of benzene rings is 1. The van der Waals surface area contributed by atoms with Crippen LogP contribution in [0.15, 0.2) is 42.0 Å². The van der Waals surface area contributed by atoms with Crippen molar-refractivity contribution < 1.29 is 9.53 Å². The van der Waals surface area contributed by atoms with Crippen molar-refractivity contribution in [3.05, 3.63) is 74.5 Å². The summed E-state index contributed by atoms with van der Waals surface area (Å²) in [7, 11) is 0. The van der Waals surface area contributed by atoms with Gasteiger partial charge in [-0.05, 0) is 42.9 Å². The Hall–Kier alpha value is -2.97. The predicted molar refractivity (Wildman–Crippen MR) is 127 cm³/mol. The summed E-state index contributed by atoms with van der Waals surface area (Å²) in [6.07, 6.45) is 7.80. The molecule has 1 N–H and O–H groups in total. The summed E-state index contributed by atoms with van der Waals surface area (Å²) >= 11 is 1.38. The van der Waals surface area contributed by atoms with Gasteiger partial charge in [0.05, 0.1) is 24.6 Å². The number of hydrogen-bond acceptors (Lipinski definition) is 7. The summed E-state index contributed by atoms with van der Waals surface area (Å²) in [6.45, 7) is 2.08. The third kappa shape index (κ3) is 5.69. The molecule has 1 amide bonds. The van der Waals surface area contributed by atoms with Gasteiger partial charge in [-0.1, -0.05) is 53.3 Å². The number of hydrogen-bond donors (Lipinski definition) is 1. The van der Waals surface area contributed by atoms with Gasteiger partial charge in [-0.15, -0.1) is 10.2 Å². The van der Waals surface area contributed by atoms with Crippen LogP contribution in [0.5, 0.6) is 0 Å². The van der Waals surface area contributed by atoms with E-state index in [-0.39, 0.29) is 5.91 Å². The number of rotatable bonds is 10. The van der Waals surface area contributed by atoms with E-state index in [2.05, 4.69) is 62.1 Å². The van der Waals surface area contributed by atoms with Crippen molar-refractivity contribution in [2.24, 2.45) is 5.92 Å². The molecule has 0 unspecified atom stereocenters. The molecule has 3 aromatic rings. The van der Waals surface area contributed by atoms with Crippen LogP contribution in [0.4, 0.5) is 0 Å². The van der Waals surface area contributed by atoms with Crippen LogP contribution in [0.3, 0.4) is 0 Å². The molecule has 3 heterocycles. The molecule has 5 rings (SSSR count). The van der Waals surface area contributed by atoms with Gasteiger partial charge in [0.15, 0.2) is 0 Å². The van der Waals surface area contributed by atoms with E-state index in [1.807, 2.05) is 6.07 Å². The Kier molecular flexibility index (Phi) is 6.83. The summed E-state index contributed by atoms with van der Waals surface area (Å²) in [5.74, 6) is 0.286. The number of unbranched alkanes of at least 4 members (excludes halogenated alkanes) is 1. The number of carbonyl (C=O) groups is 1. The maximum atomic E-state index is 12.2. The second kappa shape index (κ2) is 10.3. The first kappa shape index (κ1) is 21.9. The van der Waals surface area contributed by atoms with Gasteiger partial charge >= 0.3 is 0 Å². The maximum absolute atomic E-state index is 12.2. The van der Waals surface area contributed by atoms with Crippen LogP contribution in [0.1, 0.15) is 50.2 Å². The molecular weight excluding hydrogens is 434 g/mol. The molecule has 0 radical (unpaired) electrons. The second-order valence-electron chi connectivity index (χ2n) is 8.70. The van der Waals surface area contributed by atoms with Gasteiger partial charge in [-0.2, -0.15) is 10.2 Å². The number of fused-ring (bicyclic) bond motifs is 1. The number of allylic oxidation sites excluding steroid dienone is 1. The molecule has 1 aliphatic heterocycles. The lowest BCUT2D eigenvalue weighted by molar-refractivity contribution is -0.0298. The predicted octanol–water partition coefficient (Wildman–Crippen LogP) is 3.45. The minimum absolute atomic E-state index is 0.140. The molecule has 1 aliphatic carbocycles. The first-order chi connectivity index (χ1) is 16.2. The largest absolute Gasteiger partial charge is 0.381 e. The number of nitrogens with zero attached hydrogens (tertiary/aromatic N) is 4. The lowest BCUT2D eigenvalue weighted by atomic mass is 10.0. The van der Waals surface area contributed by atoms with Crippen LogP contribution in [-0.2, 0) is 30.4 Å². The van der Waals surface area contributed by atoms with E-state index in [9.17, 15) is 4.79 Å². The van der Waals surface area contributed by atoms with Crippen LogP contribution in [0.2, 0.25) is 0 Å². The van der Waals surface area contributed by atoms with Crippen LogP contribution in [-0.4, -0.2) is 46.1 Å². The van der Waals surface area contributed by atoms with Crippen molar-refractivity contribution in [1.29, 1.82) is 0 Å². The third-order valence-corrected chi connectivity index (χ3v) is 6.96. The molecule has 0 spiro atoms. The summed E-state index contributed by atoms with van der Waals surface area (Å²) in [5.41, 5.74) is 6.03. The Balaban J connectivity index is 1.07. The fourth-order valence-electron chi connectivity index (χ4n) is 4.06. The van der Waals surface area contributed by atoms with E-state index < -0.39 is 0 Å². The van der Waals surface area contributed by atoms with Gasteiger partial charge in [0.1, 0.15) is 5.01 Å². The minimum Gasteiger partial charge on any atom is -0.381 e. The molecule has 0 atom stereocenters. The highest BCUT2D eigenvalue weighted by atomic mass is 32.1. The number of aromatic nitrogens is 4. The highest BCUT2D eigenvalue weighted by molar-refractivity contribution is 7.13. The van der Waals surface area contributed by atoms with Crippen molar-refractivity contribution in [2.75, 3.05) is 19.8 Å². The Labute approximate surface area is 197 Å². The molecule has 1 fully saturated rings. The first-order valence-electron chi connectivity index (χ1n) is 11.5. The normalized spacial score (nSPS) is 15.1. The summed E-state index contributed by atoms with van der Waals surface area (Å²) in [6, 6.07) is 12.7. The lowest BCUT2D eigenvalue weighted by Crippen LogP contribution is -2.39. The smallest absolute Gasteiger partial charge is 0.282 e. The highest BCUT2D eigenvalue weighted by Gasteiger charge is 2.20. The van der Waals surface area contributed by atoms with Crippen molar-refractivity contribution in [3.63, 3.8) is 0 Å². The van der Waals surface area contributed by atoms with E-state index in [0.29, 0.717) is 17.5 Å². The van der Waals surface area contributed by atoms with E-state index in [1.165, 1.54) is 28.0 Å². The van der Waals surface area contributed by atoms with Crippen molar-refractivity contribution in [3.8, 4) is 0 Å². The average molecular weight is 462 g/mol. The molecule has 33 heavy (non-hydrogen) atoms. The zero-order chi connectivity index (χ0) is 22.5. The standard InChI is InChI=1S/C25H27N5O2S/c31-24(26-14-19-15-32-16-19)25-30-29-23(33-25)9-5-4-8-21-13-20-11-18(12-22(20)28-27-21)10-17-6-2-1-3-7-17/h1-3,6-7,11,13,19H,4-5,8-10,12,14-16H2,(H,26,31). The number of nitrogens with one attached hydrogen (secondary N) is 1. The number of carbonyl (C=O) groups excluding carboxylic acids is 1. The van der Waals surface area contributed by atoms with Gasteiger partial charge in [0.25, 0.3) is 5.91 Å². The number of aryl methyl sites for hydroxylation is 2. The van der Waals surface area contributed by atoms with Gasteiger partial charge in [0, 0.05) is 25.3 Å².